The van der Waals surface area contributed by atoms with Gasteiger partial charge in [-0.3, -0.25) is 0 Å². The number of esters is 1. The number of carbonyl (C=O) groups is 1. The summed E-state index contributed by atoms with van der Waals surface area (Å²) >= 11 is 0.917. The smallest absolute Gasteiger partial charge is 0.416 e. The maximum atomic E-state index is 12.5. The van der Waals surface area contributed by atoms with Crippen LogP contribution in [-0.2, 0) is 27.5 Å². The Morgan fingerprint density at radius 2 is 1.83 bits per heavy atom. The molecule has 1 N–H and O–H groups in total. The Bertz CT molecular complexity index is 826. The number of methoxy groups -OCH3 is 1. The molecule has 0 aliphatic heterocycles. The molecule has 0 saturated heterocycles. The summed E-state index contributed by atoms with van der Waals surface area (Å²) in [6.45, 7) is -0.211. The molecule has 0 aliphatic carbocycles. The summed E-state index contributed by atoms with van der Waals surface area (Å²) in [5.41, 5.74) is -0.471. The van der Waals surface area contributed by atoms with Gasteiger partial charge in [0.25, 0.3) is 0 Å². The quantitative estimate of drug-likeness (QED) is 0.811. The zero-order valence-corrected chi connectivity index (χ0v) is 13.9. The molecule has 1 aromatic carbocycles. The van der Waals surface area contributed by atoms with Crippen LogP contribution in [0.1, 0.15) is 20.8 Å². The molecule has 1 aromatic heterocycles. The number of carbonyl (C=O) groups excluding carboxylic acids is 1. The van der Waals surface area contributed by atoms with Gasteiger partial charge in [0, 0.05) is 6.54 Å². The molecule has 0 saturated carbocycles. The van der Waals surface area contributed by atoms with E-state index in [1.165, 1.54) is 23.6 Å². The number of thiophene rings is 1. The molecule has 2 aromatic rings. The number of nitrogens with one attached hydrogen (secondary N) is 1. The van der Waals surface area contributed by atoms with Crippen LogP contribution in [0, 0.1) is 0 Å². The van der Waals surface area contributed by atoms with Crippen molar-refractivity contribution in [1.82, 2.24) is 4.72 Å². The molecule has 0 fully saturated rings. The minimum absolute atomic E-state index is 0.0718. The lowest BCUT2D eigenvalue weighted by molar-refractivity contribution is -0.137. The maximum Gasteiger partial charge on any atom is 0.416 e. The van der Waals surface area contributed by atoms with E-state index in [4.69, 9.17) is 0 Å². The lowest BCUT2D eigenvalue weighted by Crippen LogP contribution is -2.24. The zero-order chi connectivity index (χ0) is 18.0. The molecule has 0 spiro atoms. The minimum atomic E-state index is -4.45. The van der Waals surface area contributed by atoms with E-state index in [1.54, 1.807) is 0 Å². The van der Waals surface area contributed by atoms with Crippen LogP contribution >= 0.6 is 11.3 Å². The summed E-state index contributed by atoms with van der Waals surface area (Å²) in [6, 6.07) is 5.36. The second kappa shape index (κ2) is 6.91. The lowest BCUT2D eigenvalue weighted by atomic mass is 10.1. The van der Waals surface area contributed by atoms with E-state index in [9.17, 15) is 26.4 Å². The van der Waals surface area contributed by atoms with Gasteiger partial charge in [0.2, 0.25) is 10.0 Å². The predicted octanol–water partition coefficient (Wildman–Crippen LogP) is 3.03. The van der Waals surface area contributed by atoms with Gasteiger partial charge < -0.3 is 4.74 Å². The topological polar surface area (TPSA) is 72.5 Å². The van der Waals surface area contributed by atoms with E-state index in [1.807, 2.05) is 0 Å². The molecule has 10 heteroatoms. The highest BCUT2D eigenvalue weighted by Gasteiger charge is 2.30. The third-order valence-corrected chi connectivity index (χ3v) is 5.50. The average Bonchev–Trinajstić information content (AvgIpc) is 3.02. The second-order valence-electron chi connectivity index (χ2n) is 4.62. The number of alkyl halides is 3. The van der Waals surface area contributed by atoms with E-state index in [-0.39, 0.29) is 16.3 Å². The van der Waals surface area contributed by atoms with E-state index < -0.39 is 27.7 Å². The molecule has 0 atom stereocenters. The van der Waals surface area contributed by atoms with Crippen LogP contribution in [0.25, 0.3) is 0 Å². The number of rotatable bonds is 5. The van der Waals surface area contributed by atoms with Crippen molar-refractivity contribution in [1.29, 1.82) is 0 Å². The van der Waals surface area contributed by atoms with Crippen molar-refractivity contribution < 1.29 is 31.1 Å². The summed E-state index contributed by atoms with van der Waals surface area (Å²) in [5.74, 6) is -0.778. The number of hydrogen-bond donors (Lipinski definition) is 1. The third-order valence-electron chi connectivity index (χ3n) is 3.04. The fourth-order valence-corrected chi connectivity index (χ4v) is 4.17. The van der Waals surface area contributed by atoms with Crippen LogP contribution in [0.5, 0.6) is 0 Å². The van der Waals surface area contributed by atoms with Crippen molar-refractivity contribution in [3.05, 3.63) is 51.7 Å². The minimum Gasteiger partial charge on any atom is -0.465 e. The first-order chi connectivity index (χ1) is 11.1. The monoisotopic (exact) mass is 379 g/mol. The molecule has 2 rings (SSSR count). The van der Waals surface area contributed by atoms with E-state index in [0.29, 0.717) is 5.56 Å². The molecule has 24 heavy (non-hydrogen) atoms. The number of benzene rings is 1. The summed E-state index contributed by atoms with van der Waals surface area (Å²) in [5, 5.41) is 1.43. The van der Waals surface area contributed by atoms with Gasteiger partial charge in [-0.05, 0) is 29.1 Å². The van der Waals surface area contributed by atoms with Gasteiger partial charge in [-0.15, -0.1) is 11.3 Å². The predicted molar refractivity (Wildman–Crippen MR) is 81.1 cm³/mol. The lowest BCUT2D eigenvalue weighted by Gasteiger charge is -2.09. The van der Waals surface area contributed by atoms with Crippen LogP contribution in [0.15, 0.2) is 40.6 Å². The van der Waals surface area contributed by atoms with Crippen molar-refractivity contribution >= 4 is 27.3 Å². The van der Waals surface area contributed by atoms with Crippen molar-refractivity contribution in [2.45, 2.75) is 17.6 Å². The zero-order valence-electron chi connectivity index (χ0n) is 12.3. The van der Waals surface area contributed by atoms with Gasteiger partial charge in [0.05, 0.1) is 12.7 Å². The maximum absolute atomic E-state index is 12.5. The van der Waals surface area contributed by atoms with Gasteiger partial charge >= 0.3 is 12.1 Å². The molecule has 5 nitrogen and oxygen atoms in total. The van der Waals surface area contributed by atoms with Crippen LogP contribution in [-0.4, -0.2) is 21.5 Å². The first-order valence-corrected chi connectivity index (χ1v) is 8.83. The van der Waals surface area contributed by atoms with Crippen LogP contribution in [0.3, 0.4) is 0 Å². The van der Waals surface area contributed by atoms with E-state index in [0.717, 1.165) is 30.6 Å². The molecule has 0 unspecified atom stereocenters. The number of hydrogen-bond acceptors (Lipinski definition) is 5. The summed E-state index contributed by atoms with van der Waals surface area (Å²) in [7, 11) is -2.87. The number of sulfonamides is 1. The highest BCUT2D eigenvalue weighted by atomic mass is 32.2. The Morgan fingerprint density at radius 3 is 2.38 bits per heavy atom. The molecule has 0 aliphatic rings. The fourth-order valence-electron chi connectivity index (χ4n) is 1.82. The second-order valence-corrected chi connectivity index (χ2v) is 7.28. The number of halogens is 3. The van der Waals surface area contributed by atoms with Crippen molar-refractivity contribution in [3.63, 3.8) is 0 Å². The van der Waals surface area contributed by atoms with E-state index in [2.05, 4.69) is 9.46 Å². The van der Waals surface area contributed by atoms with E-state index >= 15 is 0 Å². The normalized spacial score (nSPS) is 12.2. The highest BCUT2D eigenvalue weighted by Crippen LogP contribution is 2.29. The van der Waals surface area contributed by atoms with Gasteiger partial charge in [0.15, 0.2) is 0 Å². The van der Waals surface area contributed by atoms with Crippen molar-refractivity contribution in [2.75, 3.05) is 7.11 Å². The van der Waals surface area contributed by atoms with Gasteiger partial charge in [-0.2, -0.15) is 13.2 Å². The van der Waals surface area contributed by atoms with Gasteiger partial charge in [-0.1, -0.05) is 12.1 Å². The Kier molecular flexibility index (Phi) is 5.31. The van der Waals surface area contributed by atoms with Gasteiger partial charge in [0.1, 0.15) is 9.77 Å². The molecular weight excluding hydrogens is 367 g/mol. The molecule has 0 bridgehead atoms. The largest absolute Gasteiger partial charge is 0.465 e. The van der Waals surface area contributed by atoms with Crippen LogP contribution in [0.2, 0.25) is 0 Å². The SMILES string of the molecule is COC(=O)c1sccc1S(=O)(=O)NCc1ccc(C(F)(F)F)cc1. The summed E-state index contributed by atoms with van der Waals surface area (Å²) < 4.78 is 68.7. The summed E-state index contributed by atoms with van der Waals surface area (Å²) in [4.78, 5) is 11.2. The van der Waals surface area contributed by atoms with Gasteiger partial charge in [-0.25, -0.2) is 17.9 Å². The molecular formula is C14H12F3NO4S2. The van der Waals surface area contributed by atoms with Crippen LogP contribution in [0.4, 0.5) is 13.2 Å². The number of ether oxygens (including phenoxy) is 1. The Hall–Kier alpha value is -1.91. The Labute approximate surface area is 140 Å². The Balaban J connectivity index is 2.14. The third kappa shape index (κ3) is 4.13. The van der Waals surface area contributed by atoms with Crippen molar-refractivity contribution in [3.8, 4) is 0 Å². The Morgan fingerprint density at radius 1 is 1.21 bits per heavy atom. The highest BCUT2D eigenvalue weighted by molar-refractivity contribution is 7.89. The van der Waals surface area contributed by atoms with Crippen molar-refractivity contribution in [2.24, 2.45) is 0 Å². The van der Waals surface area contributed by atoms with Crippen LogP contribution < -0.4 is 4.72 Å². The molecule has 0 amide bonds. The first kappa shape index (κ1) is 18.4. The fraction of sp³-hybridized carbons (Fsp3) is 0.214. The molecule has 1 heterocycles. The average molecular weight is 379 g/mol. The molecule has 0 radical (unpaired) electrons. The summed E-state index contributed by atoms with van der Waals surface area (Å²) in [6.07, 6.45) is -4.45. The molecule has 130 valence electrons. The standard InChI is InChI=1S/C14H12F3NO4S2/c1-22-13(19)12-11(6-7-23-12)24(20,21)18-8-9-2-4-10(5-3-9)14(15,16)17/h2-7,18H,8H2,1H3. The first-order valence-electron chi connectivity index (χ1n) is 6.47.